The smallest absolute Gasteiger partial charge is 0.273 e. The Morgan fingerprint density at radius 2 is 1.70 bits per heavy atom. The number of halogens is 1. The van der Waals surface area contributed by atoms with Crippen molar-refractivity contribution in [1.82, 2.24) is 10.2 Å². The molecule has 3 rings (SSSR count). The number of carbonyl (C=O) groups excluding carboxylic acids is 1. The third-order valence-corrected chi connectivity index (χ3v) is 3.97. The van der Waals surface area contributed by atoms with Crippen molar-refractivity contribution in [3.8, 4) is 11.3 Å². The number of nitrogens with zero attached hydrogens (tertiary/aromatic N) is 1. The quantitative estimate of drug-likeness (QED) is 0.702. The van der Waals surface area contributed by atoms with E-state index < -0.39 is 0 Å². The Labute approximate surface area is 143 Å². The number of aromatic amines is 1. The van der Waals surface area contributed by atoms with E-state index in [1.54, 1.807) is 6.07 Å². The van der Waals surface area contributed by atoms with Gasteiger partial charge < -0.3 is 5.32 Å². The van der Waals surface area contributed by atoms with E-state index in [-0.39, 0.29) is 5.91 Å². The number of nitrogens with one attached hydrogen (secondary N) is 2. The van der Waals surface area contributed by atoms with Crippen molar-refractivity contribution < 1.29 is 4.79 Å². The largest absolute Gasteiger partial charge is 0.321 e. The average Bonchev–Trinajstić information content (AvgIpc) is 2.97. The molecular weight excluding hydrogens is 354 g/mol. The molecule has 0 unspecified atom stereocenters. The first-order valence-electron chi connectivity index (χ1n) is 7.22. The molecule has 0 spiro atoms. The Kier molecular flexibility index (Phi) is 4.30. The van der Waals surface area contributed by atoms with Crippen LogP contribution in [0, 0.1) is 13.8 Å². The highest BCUT2D eigenvalue weighted by Crippen LogP contribution is 2.21. The first-order valence-corrected chi connectivity index (χ1v) is 8.01. The fourth-order valence-electron chi connectivity index (χ4n) is 2.45. The lowest BCUT2D eigenvalue weighted by Gasteiger charge is -2.06. The van der Waals surface area contributed by atoms with E-state index in [2.05, 4.69) is 37.5 Å². The highest BCUT2D eigenvalue weighted by Gasteiger charge is 2.11. The molecule has 1 amide bonds. The number of carbonyl (C=O) groups is 1. The van der Waals surface area contributed by atoms with Crippen LogP contribution in [0.3, 0.4) is 0 Å². The van der Waals surface area contributed by atoms with Crippen LogP contribution in [0.25, 0.3) is 11.3 Å². The van der Waals surface area contributed by atoms with Crippen molar-refractivity contribution in [2.75, 3.05) is 5.32 Å². The minimum absolute atomic E-state index is 0.203. The third-order valence-electron chi connectivity index (χ3n) is 3.44. The van der Waals surface area contributed by atoms with Gasteiger partial charge in [0.2, 0.25) is 0 Å². The first-order chi connectivity index (χ1) is 11.0. The molecule has 5 heteroatoms. The standard InChI is InChI=1S/C18H16BrN3O/c1-11-7-12(2)9-15(8-11)20-18(23)17-10-16(21-22-17)13-3-5-14(19)6-4-13/h3-10H,1-2H3,(H,20,23)(H,21,22). The summed E-state index contributed by atoms with van der Waals surface area (Å²) in [5.41, 5.74) is 5.13. The molecule has 0 radical (unpaired) electrons. The van der Waals surface area contributed by atoms with Crippen molar-refractivity contribution in [3.63, 3.8) is 0 Å². The molecule has 0 aliphatic rings. The van der Waals surface area contributed by atoms with Crippen LogP contribution in [0.5, 0.6) is 0 Å². The van der Waals surface area contributed by atoms with Gasteiger partial charge in [0, 0.05) is 15.7 Å². The van der Waals surface area contributed by atoms with Gasteiger partial charge in [0.05, 0.1) is 5.69 Å². The first kappa shape index (κ1) is 15.5. The van der Waals surface area contributed by atoms with Crippen LogP contribution in [0.15, 0.2) is 53.0 Å². The van der Waals surface area contributed by atoms with E-state index in [9.17, 15) is 4.79 Å². The molecule has 116 valence electrons. The maximum absolute atomic E-state index is 12.3. The molecule has 0 saturated carbocycles. The van der Waals surface area contributed by atoms with Gasteiger partial charge in [-0.2, -0.15) is 5.10 Å². The summed E-state index contributed by atoms with van der Waals surface area (Å²) >= 11 is 3.40. The fraction of sp³-hybridized carbons (Fsp3) is 0.111. The lowest BCUT2D eigenvalue weighted by atomic mass is 10.1. The maximum atomic E-state index is 12.3. The average molecular weight is 370 g/mol. The van der Waals surface area contributed by atoms with Crippen LogP contribution < -0.4 is 5.32 Å². The number of aromatic nitrogens is 2. The number of aryl methyl sites for hydroxylation is 2. The molecule has 0 fully saturated rings. The summed E-state index contributed by atoms with van der Waals surface area (Å²) in [5, 5.41) is 9.90. The van der Waals surface area contributed by atoms with Gasteiger partial charge in [-0.05, 0) is 55.3 Å². The molecule has 4 nitrogen and oxygen atoms in total. The van der Waals surface area contributed by atoms with Gasteiger partial charge in [0.25, 0.3) is 5.91 Å². The van der Waals surface area contributed by atoms with Gasteiger partial charge in [-0.25, -0.2) is 0 Å². The van der Waals surface area contributed by atoms with E-state index in [0.717, 1.165) is 32.5 Å². The van der Waals surface area contributed by atoms with Gasteiger partial charge in [0.1, 0.15) is 5.69 Å². The molecule has 1 heterocycles. The fourth-order valence-corrected chi connectivity index (χ4v) is 2.72. The molecule has 1 aromatic heterocycles. The van der Waals surface area contributed by atoms with Crippen LogP contribution >= 0.6 is 15.9 Å². The second-order valence-electron chi connectivity index (χ2n) is 5.50. The molecule has 2 aromatic carbocycles. The Balaban J connectivity index is 1.79. The third kappa shape index (κ3) is 3.68. The number of rotatable bonds is 3. The van der Waals surface area contributed by atoms with Gasteiger partial charge >= 0.3 is 0 Å². The van der Waals surface area contributed by atoms with Gasteiger partial charge in [-0.1, -0.05) is 34.1 Å². The van der Waals surface area contributed by atoms with Crippen LogP contribution in [-0.4, -0.2) is 16.1 Å². The number of anilines is 1. The van der Waals surface area contributed by atoms with Crippen molar-refractivity contribution in [2.24, 2.45) is 0 Å². The highest BCUT2D eigenvalue weighted by atomic mass is 79.9. The Hall–Kier alpha value is -2.40. The predicted octanol–water partition coefficient (Wildman–Crippen LogP) is 4.71. The molecular formula is C18H16BrN3O. The monoisotopic (exact) mass is 369 g/mol. The summed E-state index contributed by atoms with van der Waals surface area (Å²) < 4.78 is 1.00. The van der Waals surface area contributed by atoms with E-state index in [4.69, 9.17) is 0 Å². The van der Waals surface area contributed by atoms with Crippen molar-refractivity contribution in [2.45, 2.75) is 13.8 Å². The van der Waals surface area contributed by atoms with Gasteiger partial charge in [-0.3, -0.25) is 9.89 Å². The lowest BCUT2D eigenvalue weighted by Crippen LogP contribution is -2.12. The minimum atomic E-state index is -0.203. The van der Waals surface area contributed by atoms with E-state index in [1.165, 1.54) is 0 Å². The van der Waals surface area contributed by atoms with E-state index in [0.29, 0.717) is 5.69 Å². The second-order valence-corrected chi connectivity index (χ2v) is 6.42. The second kappa shape index (κ2) is 6.38. The van der Waals surface area contributed by atoms with Crippen LogP contribution in [0.2, 0.25) is 0 Å². The summed E-state index contributed by atoms with van der Waals surface area (Å²) in [7, 11) is 0. The maximum Gasteiger partial charge on any atom is 0.273 e. The van der Waals surface area contributed by atoms with Crippen molar-refractivity contribution in [3.05, 3.63) is 69.8 Å². The topological polar surface area (TPSA) is 57.8 Å². The number of hydrogen-bond donors (Lipinski definition) is 2. The zero-order valence-electron chi connectivity index (χ0n) is 12.9. The van der Waals surface area contributed by atoms with Crippen molar-refractivity contribution >= 4 is 27.5 Å². The normalized spacial score (nSPS) is 10.6. The summed E-state index contributed by atoms with van der Waals surface area (Å²) in [5.74, 6) is -0.203. The van der Waals surface area contributed by atoms with Gasteiger partial charge in [0.15, 0.2) is 0 Å². The predicted molar refractivity (Wildman–Crippen MR) is 95.6 cm³/mol. The number of amides is 1. The van der Waals surface area contributed by atoms with Gasteiger partial charge in [-0.15, -0.1) is 0 Å². The summed E-state index contributed by atoms with van der Waals surface area (Å²) in [6.07, 6.45) is 0. The Bertz CT molecular complexity index is 833. The van der Waals surface area contributed by atoms with Crippen LogP contribution in [-0.2, 0) is 0 Å². The Morgan fingerprint density at radius 3 is 2.35 bits per heavy atom. The number of H-pyrrole nitrogens is 1. The van der Waals surface area contributed by atoms with E-state index >= 15 is 0 Å². The zero-order chi connectivity index (χ0) is 16.4. The number of hydrogen-bond acceptors (Lipinski definition) is 2. The molecule has 2 N–H and O–H groups in total. The molecule has 0 aliphatic carbocycles. The molecule has 0 bridgehead atoms. The number of benzene rings is 2. The highest BCUT2D eigenvalue weighted by molar-refractivity contribution is 9.10. The lowest BCUT2D eigenvalue weighted by molar-refractivity contribution is 0.102. The molecule has 3 aromatic rings. The summed E-state index contributed by atoms with van der Waals surface area (Å²) in [4.78, 5) is 12.3. The van der Waals surface area contributed by atoms with Crippen LogP contribution in [0.1, 0.15) is 21.6 Å². The zero-order valence-corrected chi connectivity index (χ0v) is 14.4. The molecule has 0 atom stereocenters. The summed E-state index contributed by atoms with van der Waals surface area (Å²) in [6, 6.07) is 15.5. The molecule has 0 saturated heterocycles. The van der Waals surface area contributed by atoms with Crippen LogP contribution in [0.4, 0.5) is 5.69 Å². The molecule has 0 aliphatic heterocycles. The Morgan fingerprint density at radius 1 is 1.04 bits per heavy atom. The van der Waals surface area contributed by atoms with Crippen molar-refractivity contribution in [1.29, 1.82) is 0 Å². The SMILES string of the molecule is Cc1cc(C)cc(NC(=O)c2cc(-c3ccc(Br)cc3)n[nH]2)c1. The minimum Gasteiger partial charge on any atom is -0.321 e. The summed E-state index contributed by atoms with van der Waals surface area (Å²) in [6.45, 7) is 4.01. The molecule has 23 heavy (non-hydrogen) atoms. The van der Waals surface area contributed by atoms with E-state index in [1.807, 2.05) is 50.2 Å².